The van der Waals surface area contributed by atoms with Gasteiger partial charge in [0.05, 0.1) is 11.9 Å². The normalized spacial score (nSPS) is 14.3. The van der Waals surface area contributed by atoms with Crippen molar-refractivity contribution in [2.45, 2.75) is 6.92 Å². The monoisotopic (exact) mass is 358 g/mol. The molecule has 7 heteroatoms. The average molecular weight is 359 g/mol. The van der Waals surface area contributed by atoms with Gasteiger partial charge in [0.1, 0.15) is 5.69 Å². The Balaban J connectivity index is 1.65. The second-order valence-electron chi connectivity index (χ2n) is 5.95. The van der Waals surface area contributed by atoms with Crippen molar-refractivity contribution in [1.82, 2.24) is 14.8 Å². The van der Waals surface area contributed by atoms with Gasteiger partial charge in [-0.15, -0.1) is 0 Å². The molecule has 25 heavy (non-hydrogen) atoms. The first-order valence-electron chi connectivity index (χ1n) is 8.04. The van der Waals surface area contributed by atoms with Crippen LogP contribution in [0.25, 0.3) is 0 Å². The molecular formula is C18H19ClN4O2. The quantitative estimate of drug-likeness (QED) is 0.853. The number of hydrogen-bond acceptors (Lipinski definition) is 4. The number of benzene rings is 1. The van der Waals surface area contributed by atoms with Gasteiger partial charge in [-0.05, 0) is 42.8 Å². The Bertz CT molecular complexity index is 771. The number of carbonyl (C=O) groups is 2. The molecule has 0 unspecified atom stereocenters. The lowest BCUT2D eigenvalue weighted by Gasteiger charge is -2.32. The lowest BCUT2D eigenvalue weighted by atomic mass is 10.2. The molecule has 6 nitrogen and oxygen atoms in total. The summed E-state index contributed by atoms with van der Waals surface area (Å²) < 4.78 is 0. The van der Waals surface area contributed by atoms with Crippen molar-refractivity contribution < 1.29 is 9.59 Å². The Hall–Kier alpha value is -2.60. The zero-order valence-corrected chi connectivity index (χ0v) is 14.7. The van der Waals surface area contributed by atoms with Crippen LogP contribution in [0.5, 0.6) is 0 Å². The van der Waals surface area contributed by atoms with Crippen LogP contribution >= 0.6 is 11.6 Å². The first-order valence-corrected chi connectivity index (χ1v) is 8.42. The van der Waals surface area contributed by atoms with Gasteiger partial charge < -0.3 is 15.1 Å². The van der Waals surface area contributed by atoms with Crippen LogP contribution in [-0.4, -0.2) is 53.3 Å². The first kappa shape index (κ1) is 17.2. The molecule has 1 aromatic carbocycles. The molecule has 0 spiro atoms. The third-order valence-electron chi connectivity index (χ3n) is 4.20. The minimum atomic E-state index is -0.111. The number of piperazine rings is 1. The summed E-state index contributed by atoms with van der Waals surface area (Å²) in [5.41, 5.74) is 3.17. The number of pyridine rings is 1. The topological polar surface area (TPSA) is 65.5 Å². The van der Waals surface area contributed by atoms with Crippen molar-refractivity contribution in [3.8, 4) is 0 Å². The van der Waals surface area contributed by atoms with Gasteiger partial charge in [-0.3, -0.25) is 9.59 Å². The summed E-state index contributed by atoms with van der Waals surface area (Å²) >= 11 is 5.96. The van der Waals surface area contributed by atoms with Crippen LogP contribution in [0.2, 0.25) is 5.02 Å². The van der Waals surface area contributed by atoms with Gasteiger partial charge in [0, 0.05) is 36.9 Å². The van der Waals surface area contributed by atoms with Crippen LogP contribution in [0.3, 0.4) is 0 Å². The third-order valence-corrected chi connectivity index (χ3v) is 4.44. The van der Waals surface area contributed by atoms with E-state index < -0.39 is 0 Å². The summed E-state index contributed by atoms with van der Waals surface area (Å²) in [5, 5.41) is 3.96. The molecule has 130 valence electrons. The number of nitrogens with zero attached hydrogens (tertiary/aromatic N) is 3. The molecule has 1 saturated heterocycles. The summed E-state index contributed by atoms with van der Waals surface area (Å²) in [6.07, 6.45) is 2.46. The van der Waals surface area contributed by atoms with Crippen molar-refractivity contribution in [1.29, 1.82) is 0 Å². The number of nitrogens with one attached hydrogen (secondary N) is 1. The number of carbonyl (C=O) groups excluding carboxylic acids is 2. The van der Waals surface area contributed by atoms with Gasteiger partial charge in [-0.25, -0.2) is 4.98 Å². The van der Waals surface area contributed by atoms with E-state index in [2.05, 4.69) is 10.3 Å². The number of anilines is 2. The van der Waals surface area contributed by atoms with Crippen LogP contribution in [0.4, 0.5) is 11.4 Å². The fourth-order valence-corrected chi connectivity index (χ4v) is 2.94. The van der Waals surface area contributed by atoms with E-state index >= 15 is 0 Å². The summed E-state index contributed by atoms with van der Waals surface area (Å²) in [7, 11) is 0. The first-order chi connectivity index (χ1) is 12.1. The van der Waals surface area contributed by atoms with E-state index in [1.807, 2.05) is 31.2 Å². The lowest BCUT2D eigenvalue weighted by Crippen LogP contribution is -2.48. The largest absolute Gasteiger partial charge is 0.354 e. The Morgan fingerprint density at radius 3 is 2.56 bits per heavy atom. The summed E-state index contributed by atoms with van der Waals surface area (Å²) in [5.74, 6) is -0.111. The molecule has 0 atom stereocenters. The van der Waals surface area contributed by atoms with Crippen molar-refractivity contribution in [2.75, 3.05) is 31.5 Å². The molecule has 0 saturated carbocycles. The van der Waals surface area contributed by atoms with Crippen molar-refractivity contribution in [3.63, 3.8) is 0 Å². The maximum Gasteiger partial charge on any atom is 0.272 e. The Kier molecular flexibility index (Phi) is 5.19. The highest BCUT2D eigenvalue weighted by atomic mass is 35.5. The van der Waals surface area contributed by atoms with Crippen molar-refractivity contribution >= 4 is 35.3 Å². The minimum Gasteiger partial charge on any atom is -0.354 e. The standard InChI is InChI=1S/C18H19ClN4O2/c1-13-10-14(19)2-4-16(13)21-15-3-5-17(20-11-15)18(25)23-8-6-22(12-24)7-9-23/h2-5,10-12,21H,6-9H2,1H3. The van der Waals surface area contributed by atoms with Gasteiger partial charge in [0.15, 0.2) is 0 Å². The zero-order valence-electron chi connectivity index (χ0n) is 13.9. The molecule has 1 aliphatic heterocycles. The number of aromatic nitrogens is 1. The number of hydrogen-bond donors (Lipinski definition) is 1. The molecule has 2 aromatic rings. The van der Waals surface area contributed by atoms with Crippen LogP contribution in [0.1, 0.15) is 16.1 Å². The van der Waals surface area contributed by atoms with Gasteiger partial charge in [0.25, 0.3) is 5.91 Å². The molecule has 0 radical (unpaired) electrons. The molecule has 3 rings (SSSR count). The molecule has 2 amide bonds. The van der Waals surface area contributed by atoms with E-state index in [9.17, 15) is 9.59 Å². The van der Waals surface area contributed by atoms with E-state index in [-0.39, 0.29) is 5.91 Å². The summed E-state index contributed by atoms with van der Waals surface area (Å²) in [6.45, 7) is 4.15. The predicted octanol–water partition coefficient (Wildman–Crippen LogP) is 2.70. The highest BCUT2D eigenvalue weighted by Crippen LogP contribution is 2.23. The zero-order chi connectivity index (χ0) is 17.8. The van der Waals surface area contributed by atoms with Gasteiger partial charge >= 0.3 is 0 Å². The van der Waals surface area contributed by atoms with E-state index in [1.54, 1.807) is 22.1 Å². The van der Waals surface area contributed by atoms with Crippen LogP contribution in [0.15, 0.2) is 36.5 Å². The fourth-order valence-electron chi connectivity index (χ4n) is 2.71. The van der Waals surface area contributed by atoms with Gasteiger partial charge in [-0.1, -0.05) is 11.6 Å². The Labute approximate surface area is 151 Å². The second-order valence-corrected chi connectivity index (χ2v) is 6.39. The number of aryl methyl sites for hydroxylation is 1. The Morgan fingerprint density at radius 1 is 1.20 bits per heavy atom. The van der Waals surface area contributed by atoms with E-state index in [1.165, 1.54) is 0 Å². The molecule has 2 heterocycles. The molecule has 0 aliphatic carbocycles. The van der Waals surface area contributed by atoms with Crippen LogP contribution in [-0.2, 0) is 4.79 Å². The molecular weight excluding hydrogens is 340 g/mol. The molecule has 1 aromatic heterocycles. The van der Waals surface area contributed by atoms with Crippen LogP contribution < -0.4 is 5.32 Å². The number of rotatable bonds is 4. The second kappa shape index (κ2) is 7.53. The highest BCUT2D eigenvalue weighted by Gasteiger charge is 2.22. The molecule has 0 bridgehead atoms. The van der Waals surface area contributed by atoms with Crippen molar-refractivity contribution in [2.24, 2.45) is 0 Å². The van der Waals surface area contributed by atoms with Gasteiger partial charge in [0.2, 0.25) is 6.41 Å². The summed E-state index contributed by atoms with van der Waals surface area (Å²) in [4.78, 5) is 30.9. The minimum absolute atomic E-state index is 0.111. The molecule has 1 fully saturated rings. The summed E-state index contributed by atoms with van der Waals surface area (Å²) in [6, 6.07) is 9.15. The lowest BCUT2D eigenvalue weighted by molar-refractivity contribution is -0.119. The molecule has 1 N–H and O–H groups in total. The fraction of sp³-hybridized carbons (Fsp3) is 0.278. The van der Waals surface area contributed by atoms with Crippen molar-refractivity contribution in [3.05, 3.63) is 52.8 Å². The van der Waals surface area contributed by atoms with Crippen LogP contribution in [0, 0.1) is 6.92 Å². The molecule has 1 aliphatic rings. The predicted molar refractivity (Wildman–Crippen MR) is 97.2 cm³/mol. The third kappa shape index (κ3) is 4.09. The van der Waals surface area contributed by atoms with Gasteiger partial charge in [-0.2, -0.15) is 0 Å². The number of halogens is 1. The van der Waals surface area contributed by atoms with E-state index in [0.717, 1.165) is 23.3 Å². The highest BCUT2D eigenvalue weighted by molar-refractivity contribution is 6.30. The maximum absolute atomic E-state index is 12.5. The van der Waals surface area contributed by atoms with E-state index in [4.69, 9.17) is 11.6 Å². The smallest absolute Gasteiger partial charge is 0.272 e. The van der Waals surface area contributed by atoms with E-state index in [0.29, 0.717) is 36.9 Å². The SMILES string of the molecule is Cc1cc(Cl)ccc1Nc1ccc(C(=O)N2CCN(C=O)CC2)nc1. The maximum atomic E-state index is 12.5. The Morgan fingerprint density at radius 2 is 1.96 bits per heavy atom. The average Bonchev–Trinajstić information content (AvgIpc) is 2.64. The number of amides is 2.